The van der Waals surface area contributed by atoms with Crippen molar-refractivity contribution in [2.24, 2.45) is 16.7 Å². The molecule has 0 radical (unpaired) electrons. The van der Waals surface area contributed by atoms with Gasteiger partial charge in [-0.05, 0) is 31.1 Å². The second-order valence-electron chi connectivity index (χ2n) is 7.61. The second kappa shape index (κ2) is 5.43. The molecule has 0 aromatic heterocycles. The van der Waals surface area contributed by atoms with E-state index in [-0.39, 0.29) is 17.5 Å². The van der Waals surface area contributed by atoms with Gasteiger partial charge in [-0.25, -0.2) is 4.79 Å². The summed E-state index contributed by atoms with van der Waals surface area (Å²) in [6, 6.07) is 0.209. The number of methoxy groups -OCH3 is 1. The predicted molar refractivity (Wildman–Crippen MR) is 80.1 cm³/mol. The van der Waals surface area contributed by atoms with Crippen LogP contribution in [0.4, 0.5) is 4.79 Å². The second-order valence-corrected chi connectivity index (χ2v) is 7.61. The molecule has 2 amide bonds. The lowest BCUT2D eigenvalue weighted by Gasteiger charge is -2.54. The molecule has 5 heteroatoms. The lowest BCUT2D eigenvalue weighted by molar-refractivity contribution is -0.108. The highest BCUT2D eigenvalue weighted by molar-refractivity contribution is 5.74. The Bertz CT molecular complexity index is 406. The summed E-state index contributed by atoms with van der Waals surface area (Å²) in [4.78, 5) is 12.2. The van der Waals surface area contributed by atoms with Gasteiger partial charge in [0.25, 0.3) is 0 Å². The van der Waals surface area contributed by atoms with E-state index >= 15 is 0 Å². The number of carbonyl (C=O) groups excluding carboxylic acids is 1. The molecule has 5 nitrogen and oxygen atoms in total. The molecule has 2 N–H and O–H groups in total. The van der Waals surface area contributed by atoms with Crippen molar-refractivity contribution in [1.29, 1.82) is 0 Å². The normalized spacial score (nSPS) is 34.7. The largest absolute Gasteiger partial charge is 0.385 e. The summed E-state index contributed by atoms with van der Waals surface area (Å²) in [7, 11) is 1.73. The van der Waals surface area contributed by atoms with E-state index in [9.17, 15) is 4.79 Å². The van der Waals surface area contributed by atoms with Crippen molar-refractivity contribution in [3.05, 3.63) is 0 Å². The summed E-state index contributed by atoms with van der Waals surface area (Å²) in [5.74, 6) is 0.495. The Labute approximate surface area is 127 Å². The van der Waals surface area contributed by atoms with Gasteiger partial charge in [0.15, 0.2) is 0 Å². The standard InChI is InChI=1S/C16H28N2O3/c1-15(2)12(11-4-8-21-13(11)15)18-14(19)17-10-16(5-6-16)7-9-20-3/h11-13H,4-10H2,1-3H3,(H2,17,18,19). The van der Waals surface area contributed by atoms with Crippen LogP contribution in [0.3, 0.4) is 0 Å². The molecular weight excluding hydrogens is 268 g/mol. The van der Waals surface area contributed by atoms with Crippen LogP contribution in [0.1, 0.15) is 39.5 Å². The highest BCUT2D eigenvalue weighted by atomic mass is 16.5. The van der Waals surface area contributed by atoms with Crippen LogP contribution in [-0.4, -0.2) is 45.0 Å². The summed E-state index contributed by atoms with van der Waals surface area (Å²) in [5.41, 5.74) is 0.341. The van der Waals surface area contributed by atoms with Gasteiger partial charge in [-0.2, -0.15) is 0 Å². The third-order valence-electron chi connectivity index (χ3n) is 5.80. The minimum absolute atomic E-state index is 0.0258. The molecule has 1 heterocycles. The molecular formula is C16H28N2O3. The smallest absolute Gasteiger partial charge is 0.315 e. The summed E-state index contributed by atoms with van der Waals surface area (Å²) in [6.07, 6.45) is 4.82. The van der Waals surface area contributed by atoms with Crippen LogP contribution in [0.2, 0.25) is 0 Å². The molecule has 0 bridgehead atoms. The summed E-state index contributed by atoms with van der Waals surface area (Å²) < 4.78 is 10.9. The minimum atomic E-state index is -0.0258. The number of hydrogen-bond donors (Lipinski definition) is 2. The molecule has 1 aliphatic heterocycles. The van der Waals surface area contributed by atoms with Crippen LogP contribution in [0, 0.1) is 16.7 Å². The third-order valence-corrected chi connectivity index (χ3v) is 5.80. The molecule has 0 aromatic rings. The lowest BCUT2D eigenvalue weighted by Crippen LogP contribution is -2.67. The van der Waals surface area contributed by atoms with Crippen molar-refractivity contribution in [3.63, 3.8) is 0 Å². The topological polar surface area (TPSA) is 59.6 Å². The highest BCUT2D eigenvalue weighted by Gasteiger charge is 2.59. The van der Waals surface area contributed by atoms with Gasteiger partial charge in [0, 0.05) is 44.2 Å². The maximum Gasteiger partial charge on any atom is 0.315 e. The van der Waals surface area contributed by atoms with Crippen molar-refractivity contribution < 1.29 is 14.3 Å². The van der Waals surface area contributed by atoms with Gasteiger partial charge in [-0.1, -0.05) is 13.8 Å². The SMILES string of the molecule is COCCC1(CNC(=O)NC2C3CCOC3C2(C)C)CC1. The first-order valence-corrected chi connectivity index (χ1v) is 8.13. The van der Waals surface area contributed by atoms with Gasteiger partial charge >= 0.3 is 6.03 Å². The molecule has 0 aromatic carbocycles. The Hall–Kier alpha value is -0.810. The Morgan fingerprint density at radius 1 is 1.38 bits per heavy atom. The average molecular weight is 296 g/mol. The first-order valence-electron chi connectivity index (χ1n) is 8.13. The molecule has 120 valence electrons. The van der Waals surface area contributed by atoms with Gasteiger partial charge in [-0.3, -0.25) is 0 Å². The molecule has 3 fully saturated rings. The molecule has 2 saturated carbocycles. The summed E-state index contributed by atoms with van der Waals surface area (Å²) >= 11 is 0. The van der Waals surface area contributed by atoms with E-state index in [1.54, 1.807) is 7.11 Å². The molecule has 2 aliphatic carbocycles. The van der Waals surface area contributed by atoms with Crippen LogP contribution in [0.15, 0.2) is 0 Å². The van der Waals surface area contributed by atoms with E-state index in [2.05, 4.69) is 24.5 Å². The van der Waals surface area contributed by atoms with E-state index in [0.717, 1.165) is 32.6 Å². The molecule has 3 rings (SSSR count). The van der Waals surface area contributed by atoms with E-state index < -0.39 is 0 Å². The number of fused-ring (bicyclic) bond motifs is 1. The number of amides is 2. The average Bonchev–Trinajstić information content (AvgIpc) is 3.08. The van der Waals surface area contributed by atoms with Crippen LogP contribution >= 0.6 is 0 Å². The maximum absolute atomic E-state index is 12.2. The van der Waals surface area contributed by atoms with Crippen LogP contribution in [-0.2, 0) is 9.47 Å². The number of rotatable bonds is 6. The van der Waals surface area contributed by atoms with Crippen LogP contribution < -0.4 is 10.6 Å². The van der Waals surface area contributed by atoms with E-state index in [4.69, 9.17) is 9.47 Å². The lowest BCUT2D eigenvalue weighted by atomic mass is 9.57. The van der Waals surface area contributed by atoms with E-state index in [0.29, 0.717) is 17.4 Å². The molecule has 3 unspecified atom stereocenters. The van der Waals surface area contributed by atoms with Gasteiger partial charge in [0.05, 0.1) is 6.10 Å². The highest BCUT2D eigenvalue weighted by Crippen LogP contribution is 2.52. The number of carbonyl (C=O) groups is 1. The van der Waals surface area contributed by atoms with Crippen molar-refractivity contribution in [2.45, 2.75) is 51.7 Å². The Kier molecular flexibility index (Phi) is 3.91. The van der Waals surface area contributed by atoms with E-state index in [1.165, 1.54) is 12.8 Å². The van der Waals surface area contributed by atoms with Crippen molar-refractivity contribution in [1.82, 2.24) is 10.6 Å². The van der Waals surface area contributed by atoms with Crippen LogP contribution in [0.25, 0.3) is 0 Å². The fraction of sp³-hybridized carbons (Fsp3) is 0.938. The zero-order valence-electron chi connectivity index (χ0n) is 13.4. The monoisotopic (exact) mass is 296 g/mol. The molecule has 3 aliphatic rings. The first kappa shape index (κ1) is 15.1. The van der Waals surface area contributed by atoms with Crippen molar-refractivity contribution in [2.75, 3.05) is 26.9 Å². The summed E-state index contributed by atoms with van der Waals surface area (Å²) in [5, 5.41) is 6.24. The Balaban J connectivity index is 1.45. The van der Waals surface area contributed by atoms with Gasteiger partial charge < -0.3 is 20.1 Å². The molecule has 21 heavy (non-hydrogen) atoms. The van der Waals surface area contributed by atoms with Crippen molar-refractivity contribution in [3.8, 4) is 0 Å². The Morgan fingerprint density at radius 2 is 2.14 bits per heavy atom. The fourth-order valence-corrected chi connectivity index (χ4v) is 4.09. The number of ether oxygens (including phenoxy) is 2. The molecule has 0 spiro atoms. The van der Waals surface area contributed by atoms with Crippen LogP contribution in [0.5, 0.6) is 0 Å². The summed E-state index contributed by atoms with van der Waals surface area (Å²) in [6.45, 7) is 6.75. The molecule has 3 atom stereocenters. The van der Waals surface area contributed by atoms with Gasteiger partial charge in [0.1, 0.15) is 0 Å². The Morgan fingerprint density at radius 3 is 2.81 bits per heavy atom. The number of urea groups is 1. The fourth-order valence-electron chi connectivity index (χ4n) is 4.09. The first-order chi connectivity index (χ1) is 9.98. The van der Waals surface area contributed by atoms with Gasteiger partial charge in [0.2, 0.25) is 0 Å². The zero-order chi connectivity index (χ0) is 15.1. The quantitative estimate of drug-likeness (QED) is 0.787. The predicted octanol–water partition coefficient (Wildman–Crippen LogP) is 1.92. The number of hydrogen-bond acceptors (Lipinski definition) is 3. The van der Waals surface area contributed by atoms with Crippen molar-refractivity contribution >= 4 is 6.03 Å². The zero-order valence-corrected chi connectivity index (χ0v) is 13.4. The maximum atomic E-state index is 12.2. The minimum Gasteiger partial charge on any atom is -0.385 e. The third kappa shape index (κ3) is 2.78. The molecule has 1 saturated heterocycles. The number of nitrogens with one attached hydrogen (secondary N) is 2. The van der Waals surface area contributed by atoms with Gasteiger partial charge in [-0.15, -0.1) is 0 Å². The van der Waals surface area contributed by atoms with E-state index in [1.807, 2.05) is 0 Å².